The summed E-state index contributed by atoms with van der Waals surface area (Å²) in [4.78, 5) is 14.3. The molecule has 0 aliphatic carbocycles. The van der Waals surface area contributed by atoms with Gasteiger partial charge in [0.1, 0.15) is 6.04 Å². The first-order valence-corrected chi connectivity index (χ1v) is 7.79. The molecular formula is C17H27N3O. The molecule has 1 fully saturated rings. The average molecular weight is 289 g/mol. The number of hydrogen-bond donors (Lipinski definition) is 2. The number of carbonyl (C=O) groups excluding carboxylic acids is 1. The maximum Gasteiger partial charge on any atom is 0.242 e. The van der Waals surface area contributed by atoms with E-state index in [1.807, 2.05) is 0 Å². The third kappa shape index (κ3) is 3.97. The number of nitrogens with zero attached hydrogens (tertiary/aromatic N) is 1. The standard InChI is InChI=1S/C17H27N3O/c1-5-14-16(21)18-10-11-20(14)15-9-7-6-8-13(15)12-19-17(2,3)4/h6-9,14,19H,5,10-12H2,1-4H3,(H,18,21). The van der Waals surface area contributed by atoms with Crippen molar-refractivity contribution >= 4 is 11.6 Å². The first-order valence-electron chi connectivity index (χ1n) is 7.79. The molecule has 0 radical (unpaired) electrons. The summed E-state index contributed by atoms with van der Waals surface area (Å²) in [6, 6.07) is 8.33. The summed E-state index contributed by atoms with van der Waals surface area (Å²) in [5, 5.41) is 6.50. The minimum Gasteiger partial charge on any atom is -0.357 e. The molecule has 4 heteroatoms. The molecule has 1 aliphatic heterocycles. The van der Waals surface area contributed by atoms with Crippen molar-refractivity contribution in [1.82, 2.24) is 10.6 Å². The summed E-state index contributed by atoms with van der Waals surface area (Å²) in [5.74, 6) is 0.141. The molecule has 0 spiro atoms. The van der Waals surface area contributed by atoms with E-state index in [4.69, 9.17) is 0 Å². The van der Waals surface area contributed by atoms with Gasteiger partial charge in [-0.1, -0.05) is 25.1 Å². The van der Waals surface area contributed by atoms with Gasteiger partial charge in [-0.15, -0.1) is 0 Å². The number of benzene rings is 1. The van der Waals surface area contributed by atoms with Crippen molar-refractivity contribution in [2.24, 2.45) is 0 Å². The van der Waals surface area contributed by atoms with Gasteiger partial charge in [0.25, 0.3) is 0 Å². The van der Waals surface area contributed by atoms with E-state index in [2.05, 4.69) is 67.5 Å². The van der Waals surface area contributed by atoms with Crippen molar-refractivity contribution in [2.45, 2.75) is 52.2 Å². The van der Waals surface area contributed by atoms with Crippen LogP contribution < -0.4 is 15.5 Å². The third-order valence-electron chi connectivity index (χ3n) is 3.83. The fourth-order valence-electron chi connectivity index (χ4n) is 2.71. The molecule has 21 heavy (non-hydrogen) atoms. The van der Waals surface area contributed by atoms with E-state index in [1.54, 1.807) is 0 Å². The Morgan fingerprint density at radius 1 is 1.33 bits per heavy atom. The van der Waals surface area contributed by atoms with Crippen LogP contribution in [0.2, 0.25) is 0 Å². The zero-order chi connectivity index (χ0) is 15.5. The second-order valence-corrected chi connectivity index (χ2v) is 6.64. The summed E-state index contributed by atoms with van der Waals surface area (Å²) in [6.07, 6.45) is 0.826. The average Bonchev–Trinajstić information content (AvgIpc) is 2.44. The molecule has 0 saturated carbocycles. The van der Waals surface area contributed by atoms with Gasteiger partial charge in [0.15, 0.2) is 0 Å². The van der Waals surface area contributed by atoms with Crippen LogP contribution in [-0.4, -0.2) is 30.6 Å². The fraction of sp³-hybridized carbons (Fsp3) is 0.588. The van der Waals surface area contributed by atoms with Gasteiger partial charge in [-0.25, -0.2) is 0 Å². The van der Waals surface area contributed by atoms with Crippen LogP contribution in [0.15, 0.2) is 24.3 Å². The summed E-state index contributed by atoms with van der Waals surface area (Å²) in [6.45, 7) is 11.0. The highest BCUT2D eigenvalue weighted by molar-refractivity contribution is 5.86. The Bertz CT molecular complexity index is 493. The molecule has 1 unspecified atom stereocenters. The van der Waals surface area contributed by atoms with Gasteiger partial charge in [0.2, 0.25) is 5.91 Å². The van der Waals surface area contributed by atoms with Gasteiger partial charge in [-0.3, -0.25) is 4.79 Å². The molecule has 1 aromatic rings. The quantitative estimate of drug-likeness (QED) is 0.894. The largest absolute Gasteiger partial charge is 0.357 e. The van der Waals surface area contributed by atoms with E-state index in [0.29, 0.717) is 0 Å². The van der Waals surface area contributed by atoms with Gasteiger partial charge in [-0.05, 0) is 38.8 Å². The predicted molar refractivity (Wildman–Crippen MR) is 87.5 cm³/mol. The Balaban J connectivity index is 2.24. The Labute approximate surface area is 127 Å². The molecule has 0 bridgehead atoms. The van der Waals surface area contributed by atoms with Gasteiger partial charge in [0, 0.05) is 30.9 Å². The lowest BCUT2D eigenvalue weighted by atomic mass is 10.0. The van der Waals surface area contributed by atoms with Crippen molar-refractivity contribution in [3.8, 4) is 0 Å². The number of amides is 1. The lowest BCUT2D eigenvalue weighted by molar-refractivity contribution is -0.123. The molecule has 1 aliphatic rings. The summed E-state index contributed by atoms with van der Waals surface area (Å²) >= 11 is 0. The molecule has 1 amide bonds. The second kappa shape index (κ2) is 6.48. The molecule has 1 heterocycles. The number of anilines is 1. The van der Waals surface area contributed by atoms with Crippen molar-refractivity contribution in [1.29, 1.82) is 0 Å². The fourth-order valence-corrected chi connectivity index (χ4v) is 2.71. The summed E-state index contributed by atoms with van der Waals surface area (Å²) in [7, 11) is 0. The Kier molecular flexibility index (Phi) is 4.88. The first-order chi connectivity index (χ1) is 9.92. The van der Waals surface area contributed by atoms with E-state index in [0.717, 1.165) is 26.1 Å². The maximum absolute atomic E-state index is 12.1. The molecule has 1 saturated heterocycles. The van der Waals surface area contributed by atoms with Crippen LogP contribution in [0.4, 0.5) is 5.69 Å². The zero-order valence-electron chi connectivity index (χ0n) is 13.6. The van der Waals surface area contributed by atoms with E-state index in [1.165, 1.54) is 11.3 Å². The smallest absolute Gasteiger partial charge is 0.242 e. The van der Waals surface area contributed by atoms with Crippen LogP contribution in [0.1, 0.15) is 39.7 Å². The van der Waals surface area contributed by atoms with Crippen molar-refractivity contribution in [3.63, 3.8) is 0 Å². The van der Waals surface area contributed by atoms with E-state index < -0.39 is 0 Å². The van der Waals surface area contributed by atoms with Gasteiger partial charge in [-0.2, -0.15) is 0 Å². The monoisotopic (exact) mass is 289 g/mol. The molecule has 116 valence electrons. The van der Waals surface area contributed by atoms with Gasteiger partial charge in [0.05, 0.1) is 0 Å². The Hall–Kier alpha value is -1.55. The lowest BCUT2D eigenvalue weighted by Gasteiger charge is -2.37. The Morgan fingerprint density at radius 2 is 2.05 bits per heavy atom. The van der Waals surface area contributed by atoms with Crippen LogP contribution in [0, 0.1) is 0 Å². The number of nitrogens with one attached hydrogen (secondary N) is 2. The number of carbonyl (C=O) groups is 1. The third-order valence-corrected chi connectivity index (χ3v) is 3.83. The van der Waals surface area contributed by atoms with Crippen molar-refractivity contribution in [2.75, 3.05) is 18.0 Å². The van der Waals surface area contributed by atoms with E-state index in [9.17, 15) is 4.79 Å². The van der Waals surface area contributed by atoms with Crippen LogP contribution in [0.25, 0.3) is 0 Å². The number of para-hydroxylation sites is 1. The van der Waals surface area contributed by atoms with Gasteiger partial charge < -0.3 is 15.5 Å². The molecule has 4 nitrogen and oxygen atoms in total. The maximum atomic E-state index is 12.1. The van der Waals surface area contributed by atoms with E-state index in [-0.39, 0.29) is 17.5 Å². The molecule has 1 aromatic carbocycles. The van der Waals surface area contributed by atoms with Crippen LogP contribution >= 0.6 is 0 Å². The van der Waals surface area contributed by atoms with Crippen LogP contribution in [-0.2, 0) is 11.3 Å². The zero-order valence-corrected chi connectivity index (χ0v) is 13.6. The highest BCUT2D eigenvalue weighted by Crippen LogP contribution is 2.25. The molecule has 0 aromatic heterocycles. The summed E-state index contributed by atoms with van der Waals surface area (Å²) in [5.41, 5.74) is 2.51. The number of rotatable bonds is 4. The molecular weight excluding hydrogens is 262 g/mol. The topological polar surface area (TPSA) is 44.4 Å². The first kappa shape index (κ1) is 15.8. The van der Waals surface area contributed by atoms with E-state index >= 15 is 0 Å². The second-order valence-electron chi connectivity index (χ2n) is 6.64. The summed E-state index contributed by atoms with van der Waals surface area (Å²) < 4.78 is 0. The number of hydrogen-bond acceptors (Lipinski definition) is 3. The van der Waals surface area contributed by atoms with Crippen molar-refractivity contribution < 1.29 is 4.79 Å². The van der Waals surface area contributed by atoms with Crippen molar-refractivity contribution in [3.05, 3.63) is 29.8 Å². The SMILES string of the molecule is CCC1C(=O)NCCN1c1ccccc1CNC(C)(C)C. The van der Waals surface area contributed by atoms with Gasteiger partial charge >= 0.3 is 0 Å². The number of piperazine rings is 1. The highest BCUT2D eigenvalue weighted by atomic mass is 16.2. The molecule has 2 rings (SSSR count). The molecule has 2 N–H and O–H groups in total. The normalized spacial score (nSPS) is 19.5. The van der Waals surface area contributed by atoms with Crippen LogP contribution in [0.3, 0.4) is 0 Å². The molecule has 1 atom stereocenters. The Morgan fingerprint density at radius 3 is 2.71 bits per heavy atom. The predicted octanol–water partition coefficient (Wildman–Crippen LogP) is 2.29. The minimum atomic E-state index is -0.0606. The van der Waals surface area contributed by atoms with Crippen LogP contribution in [0.5, 0.6) is 0 Å². The minimum absolute atomic E-state index is 0.0606. The highest BCUT2D eigenvalue weighted by Gasteiger charge is 2.29. The lowest BCUT2D eigenvalue weighted by Crippen LogP contribution is -2.55.